The van der Waals surface area contributed by atoms with Crippen LogP contribution in [0.1, 0.15) is 23.7 Å². The molecular weight excluding hydrogens is 292 g/mol. The first-order valence-corrected chi connectivity index (χ1v) is 7.37. The van der Waals surface area contributed by atoms with Gasteiger partial charge in [0, 0.05) is 18.3 Å². The van der Waals surface area contributed by atoms with Crippen molar-refractivity contribution in [1.82, 2.24) is 9.88 Å². The van der Waals surface area contributed by atoms with Crippen molar-refractivity contribution in [1.29, 1.82) is 0 Å². The van der Waals surface area contributed by atoms with Crippen LogP contribution in [0.4, 0.5) is 4.79 Å². The first-order chi connectivity index (χ1) is 11.2. The maximum absolute atomic E-state index is 12.8. The number of hydrogen-bond donors (Lipinski definition) is 1. The van der Waals surface area contributed by atoms with Crippen molar-refractivity contribution in [2.45, 2.75) is 12.5 Å². The Bertz CT molecular complexity index is 741. The number of hydrogen-bond acceptors (Lipinski definition) is 3. The van der Waals surface area contributed by atoms with Gasteiger partial charge in [0.25, 0.3) is 0 Å². The molecule has 1 aliphatic heterocycles. The molecule has 5 nitrogen and oxygen atoms in total. The zero-order chi connectivity index (χ0) is 16.2. The number of piperidine rings is 1. The molecule has 5 heteroatoms. The lowest BCUT2D eigenvalue weighted by Crippen LogP contribution is -2.43. The Balaban J connectivity index is 1.98. The van der Waals surface area contributed by atoms with Crippen LogP contribution in [-0.2, 0) is 4.79 Å². The van der Waals surface area contributed by atoms with Crippen molar-refractivity contribution in [3.8, 4) is 0 Å². The van der Waals surface area contributed by atoms with E-state index in [1.807, 2.05) is 24.3 Å². The first-order valence-electron chi connectivity index (χ1n) is 7.37. The molecule has 0 radical (unpaired) electrons. The summed E-state index contributed by atoms with van der Waals surface area (Å²) in [6, 6.07) is 13.7. The number of carbonyl (C=O) groups is 2. The predicted molar refractivity (Wildman–Crippen MR) is 85.8 cm³/mol. The number of amides is 1. The number of rotatable bonds is 2. The largest absolute Gasteiger partial charge is 0.465 e. The number of pyridine rings is 1. The lowest BCUT2D eigenvalue weighted by molar-refractivity contribution is -0.121. The van der Waals surface area contributed by atoms with Gasteiger partial charge in [-0.15, -0.1) is 0 Å². The normalized spacial score (nSPS) is 19.8. The highest BCUT2D eigenvalue weighted by Gasteiger charge is 2.36. The van der Waals surface area contributed by atoms with E-state index in [0.717, 1.165) is 0 Å². The molecule has 23 heavy (non-hydrogen) atoms. The summed E-state index contributed by atoms with van der Waals surface area (Å²) in [5.74, 6) is -0.185. The third kappa shape index (κ3) is 3.13. The minimum atomic E-state index is -1.08. The monoisotopic (exact) mass is 308 g/mol. The van der Waals surface area contributed by atoms with Gasteiger partial charge in [-0.1, -0.05) is 36.4 Å². The van der Waals surface area contributed by atoms with E-state index in [-0.39, 0.29) is 5.78 Å². The van der Waals surface area contributed by atoms with Crippen LogP contribution < -0.4 is 0 Å². The molecule has 0 aliphatic carbocycles. The second-order valence-electron chi connectivity index (χ2n) is 5.33. The highest BCUT2D eigenvalue weighted by atomic mass is 16.4. The van der Waals surface area contributed by atoms with E-state index in [1.165, 1.54) is 4.90 Å². The molecule has 1 atom stereocenters. The van der Waals surface area contributed by atoms with Gasteiger partial charge in [0.05, 0.1) is 5.69 Å². The number of likely N-dealkylation sites (tertiary alicyclic amines) is 1. The first kappa shape index (κ1) is 15.0. The molecule has 0 spiro atoms. The minimum Gasteiger partial charge on any atom is -0.465 e. The molecule has 3 rings (SSSR count). The Morgan fingerprint density at radius 3 is 2.57 bits per heavy atom. The molecule has 1 unspecified atom stereocenters. The summed E-state index contributed by atoms with van der Waals surface area (Å²) in [4.78, 5) is 29.7. The molecule has 1 amide bonds. The summed E-state index contributed by atoms with van der Waals surface area (Å²) in [6.07, 6.45) is 2.73. The summed E-state index contributed by atoms with van der Waals surface area (Å²) in [5, 5.41) is 9.41. The molecule has 2 heterocycles. The fourth-order valence-electron chi connectivity index (χ4n) is 2.77. The summed E-state index contributed by atoms with van der Waals surface area (Å²) < 4.78 is 0. The van der Waals surface area contributed by atoms with Crippen LogP contribution >= 0.6 is 0 Å². The Kier molecular flexibility index (Phi) is 4.19. The third-order valence-corrected chi connectivity index (χ3v) is 3.87. The Morgan fingerprint density at radius 2 is 1.91 bits per heavy atom. The van der Waals surface area contributed by atoms with Crippen molar-refractivity contribution in [3.63, 3.8) is 0 Å². The zero-order valence-electron chi connectivity index (χ0n) is 12.4. The van der Waals surface area contributed by atoms with Crippen molar-refractivity contribution >= 4 is 18.0 Å². The van der Waals surface area contributed by atoms with Crippen LogP contribution in [0.3, 0.4) is 0 Å². The van der Waals surface area contributed by atoms with Gasteiger partial charge < -0.3 is 5.11 Å². The van der Waals surface area contributed by atoms with E-state index in [4.69, 9.17) is 0 Å². The molecule has 1 aliphatic rings. The van der Waals surface area contributed by atoms with Gasteiger partial charge in [0.15, 0.2) is 5.78 Å². The van der Waals surface area contributed by atoms with Crippen molar-refractivity contribution in [3.05, 3.63) is 71.6 Å². The Labute approximate surface area is 133 Å². The number of ketones is 1. The standard InChI is InChI=1S/C18H16N2O3/c21-17-14(12-15-8-4-5-10-19-15)9-11-20(18(22)23)16(17)13-6-2-1-3-7-13/h1-8,10,12,16H,9,11H2,(H,22,23)/b14-12-. The Morgan fingerprint density at radius 1 is 1.17 bits per heavy atom. The predicted octanol–water partition coefficient (Wildman–Crippen LogP) is 3.16. The maximum Gasteiger partial charge on any atom is 0.408 e. The van der Waals surface area contributed by atoms with Gasteiger partial charge >= 0.3 is 6.09 Å². The van der Waals surface area contributed by atoms with Crippen LogP contribution in [0.2, 0.25) is 0 Å². The number of benzene rings is 1. The van der Waals surface area contributed by atoms with Crippen LogP contribution in [0, 0.1) is 0 Å². The molecule has 2 aromatic rings. The molecule has 1 aromatic carbocycles. The second kappa shape index (κ2) is 6.44. The highest BCUT2D eigenvalue weighted by molar-refractivity contribution is 6.05. The number of nitrogens with zero attached hydrogens (tertiary/aromatic N) is 2. The zero-order valence-corrected chi connectivity index (χ0v) is 12.4. The number of carbonyl (C=O) groups excluding carboxylic acids is 1. The van der Waals surface area contributed by atoms with Gasteiger partial charge in [-0.25, -0.2) is 4.79 Å². The smallest absolute Gasteiger partial charge is 0.408 e. The average molecular weight is 308 g/mol. The number of Topliss-reactive ketones (excluding diaryl/α,β-unsaturated/α-hetero) is 1. The van der Waals surface area contributed by atoms with E-state index >= 15 is 0 Å². The average Bonchev–Trinajstić information content (AvgIpc) is 2.58. The molecule has 0 bridgehead atoms. The second-order valence-corrected chi connectivity index (χ2v) is 5.33. The fourth-order valence-corrected chi connectivity index (χ4v) is 2.77. The summed E-state index contributed by atoms with van der Waals surface area (Å²) >= 11 is 0. The van der Waals surface area contributed by atoms with Gasteiger partial charge in [-0.2, -0.15) is 0 Å². The molecule has 1 saturated heterocycles. The molecule has 0 saturated carbocycles. The van der Waals surface area contributed by atoms with E-state index in [0.29, 0.717) is 29.8 Å². The fraction of sp³-hybridized carbons (Fsp3) is 0.167. The summed E-state index contributed by atoms with van der Waals surface area (Å²) in [7, 11) is 0. The van der Waals surface area contributed by atoms with E-state index in [2.05, 4.69) is 4.98 Å². The third-order valence-electron chi connectivity index (χ3n) is 3.87. The molecule has 116 valence electrons. The maximum atomic E-state index is 12.8. The van der Waals surface area contributed by atoms with Crippen molar-refractivity contribution in [2.75, 3.05) is 6.54 Å². The van der Waals surface area contributed by atoms with Gasteiger partial charge in [0.1, 0.15) is 6.04 Å². The SMILES string of the molecule is O=C1/C(=C\c2ccccn2)CCN(C(=O)O)C1c1ccccc1. The summed E-state index contributed by atoms with van der Waals surface area (Å²) in [6.45, 7) is 0.291. The highest BCUT2D eigenvalue weighted by Crippen LogP contribution is 2.31. The molecule has 1 N–H and O–H groups in total. The number of aromatic nitrogens is 1. The van der Waals surface area contributed by atoms with Gasteiger partial charge in [-0.3, -0.25) is 14.7 Å². The number of carboxylic acid groups (broad SMARTS) is 1. The van der Waals surface area contributed by atoms with Gasteiger partial charge in [0.2, 0.25) is 0 Å². The lowest BCUT2D eigenvalue weighted by Gasteiger charge is -2.33. The summed E-state index contributed by atoms with van der Waals surface area (Å²) in [5.41, 5.74) is 1.99. The quantitative estimate of drug-likeness (QED) is 0.865. The lowest BCUT2D eigenvalue weighted by atomic mass is 9.89. The Hall–Kier alpha value is -2.95. The van der Waals surface area contributed by atoms with E-state index in [9.17, 15) is 14.7 Å². The van der Waals surface area contributed by atoms with Crippen LogP contribution in [0.25, 0.3) is 6.08 Å². The van der Waals surface area contributed by atoms with Crippen molar-refractivity contribution in [2.24, 2.45) is 0 Å². The minimum absolute atomic E-state index is 0.185. The van der Waals surface area contributed by atoms with Crippen LogP contribution in [0.5, 0.6) is 0 Å². The van der Waals surface area contributed by atoms with E-state index < -0.39 is 12.1 Å². The van der Waals surface area contributed by atoms with Crippen LogP contribution in [-0.4, -0.2) is 33.4 Å². The van der Waals surface area contributed by atoms with Crippen LogP contribution in [0.15, 0.2) is 60.3 Å². The van der Waals surface area contributed by atoms with Crippen molar-refractivity contribution < 1.29 is 14.7 Å². The van der Waals surface area contributed by atoms with E-state index in [1.54, 1.807) is 36.5 Å². The molecular formula is C18H16N2O3. The van der Waals surface area contributed by atoms with Gasteiger partial charge in [-0.05, 0) is 30.2 Å². The topological polar surface area (TPSA) is 70.5 Å². The molecule has 1 aromatic heterocycles. The molecule has 1 fully saturated rings.